The van der Waals surface area contributed by atoms with Gasteiger partial charge in [0.2, 0.25) is 5.91 Å². The molecule has 5 nitrogen and oxygen atoms in total. The predicted octanol–water partition coefficient (Wildman–Crippen LogP) is 4.10. The van der Waals surface area contributed by atoms with E-state index >= 15 is 0 Å². The number of carbonyl (C=O) groups excluding carboxylic acids is 1. The van der Waals surface area contributed by atoms with Gasteiger partial charge in [-0.2, -0.15) is 0 Å². The van der Waals surface area contributed by atoms with E-state index in [1.165, 1.54) is 0 Å². The van der Waals surface area contributed by atoms with E-state index in [-0.39, 0.29) is 18.2 Å². The van der Waals surface area contributed by atoms with Crippen LogP contribution < -0.4 is 10.1 Å². The van der Waals surface area contributed by atoms with Gasteiger partial charge in [-0.3, -0.25) is 9.59 Å². The number of benzene rings is 2. The molecule has 0 bridgehead atoms. The van der Waals surface area contributed by atoms with Crippen LogP contribution in [0.1, 0.15) is 51.5 Å². The van der Waals surface area contributed by atoms with Crippen molar-refractivity contribution in [1.82, 2.24) is 5.32 Å². The van der Waals surface area contributed by atoms with Gasteiger partial charge in [-0.05, 0) is 48.2 Å². The first-order valence-electron chi connectivity index (χ1n) is 8.95. The summed E-state index contributed by atoms with van der Waals surface area (Å²) in [7, 11) is 1.63. The van der Waals surface area contributed by atoms with Crippen molar-refractivity contribution in [3.63, 3.8) is 0 Å². The summed E-state index contributed by atoms with van der Waals surface area (Å²) in [4.78, 5) is 24.0. The number of hydrogen-bond donors (Lipinski definition) is 2. The zero-order valence-electron chi connectivity index (χ0n) is 15.8. The fourth-order valence-corrected chi connectivity index (χ4v) is 3.17. The fraction of sp³-hybridized carbons (Fsp3) is 0.429. The standard InChI is InChI=1S/C21H27NO4/c1-5-21(6-2,13-19(23)24)22-20(25)14(3)15-7-8-17-12-18(26-4)10-9-16(17)11-15/h7-12,14H,5-6,13H2,1-4H3,(H,22,25)(H,23,24). The summed E-state index contributed by atoms with van der Waals surface area (Å²) < 4.78 is 5.24. The Labute approximate surface area is 154 Å². The molecule has 0 heterocycles. The van der Waals surface area contributed by atoms with E-state index < -0.39 is 11.5 Å². The maximum absolute atomic E-state index is 12.8. The van der Waals surface area contributed by atoms with E-state index in [1.807, 2.05) is 57.2 Å². The van der Waals surface area contributed by atoms with E-state index in [4.69, 9.17) is 4.74 Å². The molecule has 0 fully saturated rings. The van der Waals surface area contributed by atoms with Gasteiger partial charge in [0, 0.05) is 5.54 Å². The Morgan fingerprint density at radius 3 is 2.31 bits per heavy atom. The number of amides is 1. The Bertz CT molecular complexity index is 796. The SMILES string of the molecule is CCC(CC)(CC(=O)O)NC(=O)C(C)c1ccc2cc(OC)ccc2c1. The minimum absolute atomic E-state index is 0.0734. The van der Waals surface area contributed by atoms with Crippen molar-refractivity contribution in [2.24, 2.45) is 0 Å². The molecule has 2 aromatic rings. The zero-order chi connectivity index (χ0) is 19.3. The van der Waals surface area contributed by atoms with E-state index in [2.05, 4.69) is 5.32 Å². The minimum atomic E-state index is -0.902. The molecule has 5 heteroatoms. The summed E-state index contributed by atoms with van der Waals surface area (Å²) in [6.07, 6.45) is 1.08. The summed E-state index contributed by atoms with van der Waals surface area (Å²) in [5.41, 5.74) is 0.193. The molecule has 1 unspecified atom stereocenters. The Kier molecular flexibility index (Phi) is 6.24. The summed E-state index contributed by atoms with van der Waals surface area (Å²) in [5.74, 6) is -0.628. The molecule has 0 spiro atoms. The molecule has 0 saturated heterocycles. The third-order valence-electron chi connectivity index (χ3n) is 5.20. The minimum Gasteiger partial charge on any atom is -0.497 e. The van der Waals surface area contributed by atoms with Gasteiger partial charge in [-0.25, -0.2) is 0 Å². The third kappa shape index (κ3) is 4.34. The largest absolute Gasteiger partial charge is 0.497 e. The van der Waals surface area contributed by atoms with Gasteiger partial charge < -0.3 is 15.2 Å². The number of ether oxygens (including phenoxy) is 1. The van der Waals surface area contributed by atoms with Crippen LogP contribution >= 0.6 is 0 Å². The van der Waals surface area contributed by atoms with Crippen molar-refractivity contribution < 1.29 is 19.4 Å². The second kappa shape index (κ2) is 8.21. The van der Waals surface area contributed by atoms with Gasteiger partial charge in [0.25, 0.3) is 0 Å². The Morgan fingerprint density at radius 1 is 1.12 bits per heavy atom. The number of carboxylic acids is 1. The van der Waals surface area contributed by atoms with E-state index in [9.17, 15) is 14.7 Å². The number of nitrogens with one attached hydrogen (secondary N) is 1. The number of methoxy groups -OCH3 is 1. The lowest BCUT2D eigenvalue weighted by atomic mass is 9.87. The van der Waals surface area contributed by atoms with Crippen LogP contribution in [-0.2, 0) is 9.59 Å². The molecule has 140 valence electrons. The quantitative estimate of drug-likeness (QED) is 0.746. The van der Waals surface area contributed by atoms with Gasteiger partial charge >= 0.3 is 5.97 Å². The predicted molar refractivity (Wildman–Crippen MR) is 103 cm³/mol. The Morgan fingerprint density at radius 2 is 1.73 bits per heavy atom. The monoisotopic (exact) mass is 357 g/mol. The molecule has 2 aromatic carbocycles. The number of carbonyl (C=O) groups is 2. The highest BCUT2D eigenvalue weighted by atomic mass is 16.5. The second-order valence-electron chi connectivity index (χ2n) is 6.74. The molecule has 26 heavy (non-hydrogen) atoms. The first-order valence-corrected chi connectivity index (χ1v) is 8.95. The lowest BCUT2D eigenvalue weighted by Crippen LogP contribution is -2.50. The van der Waals surface area contributed by atoms with E-state index in [1.54, 1.807) is 7.11 Å². The van der Waals surface area contributed by atoms with Crippen LogP contribution in [-0.4, -0.2) is 29.6 Å². The van der Waals surface area contributed by atoms with E-state index in [0.717, 1.165) is 22.1 Å². The number of hydrogen-bond acceptors (Lipinski definition) is 3. The topological polar surface area (TPSA) is 75.6 Å². The first-order chi connectivity index (χ1) is 12.3. The van der Waals surface area contributed by atoms with Crippen molar-refractivity contribution in [2.45, 2.75) is 51.5 Å². The van der Waals surface area contributed by atoms with Crippen molar-refractivity contribution in [3.8, 4) is 5.75 Å². The highest BCUT2D eigenvalue weighted by Crippen LogP contribution is 2.27. The number of fused-ring (bicyclic) bond motifs is 1. The lowest BCUT2D eigenvalue weighted by Gasteiger charge is -2.32. The molecular weight excluding hydrogens is 330 g/mol. The molecular formula is C21H27NO4. The van der Waals surface area contributed by atoms with Crippen molar-refractivity contribution in [2.75, 3.05) is 7.11 Å². The summed E-state index contributed by atoms with van der Waals surface area (Å²) in [6.45, 7) is 5.65. The van der Waals surface area contributed by atoms with Gasteiger partial charge in [-0.15, -0.1) is 0 Å². The summed E-state index contributed by atoms with van der Waals surface area (Å²) >= 11 is 0. The van der Waals surface area contributed by atoms with Gasteiger partial charge in [-0.1, -0.05) is 38.1 Å². The van der Waals surface area contributed by atoms with Crippen LogP contribution in [0.4, 0.5) is 0 Å². The number of carboxylic acid groups (broad SMARTS) is 1. The second-order valence-corrected chi connectivity index (χ2v) is 6.74. The van der Waals surface area contributed by atoms with Crippen LogP contribution in [0, 0.1) is 0 Å². The first kappa shape index (κ1) is 19.8. The molecule has 0 aliphatic rings. The Balaban J connectivity index is 2.23. The molecule has 2 N–H and O–H groups in total. The molecule has 0 aromatic heterocycles. The van der Waals surface area contributed by atoms with Crippen molar-refractivity contribution in [1.29, 1.82) is 0 Å². The normalized spacial score (nSPS) is 12.6. The average molecular weight is 357 g/mol. The maximum atomic E-state index is 12.8. The van der Waals surface area contributed by atoms with E-state index in [0.29, 0.717) is 12.8 Å². The van der Waals surface area contributed by atoms with Gasteiger partial charge in [0.1, 0.15) is 5.75 Å². The zero-order valence-corrected chi connectivity index (χ0v) is 15.8. The summed E-state index contributed by atoms with van der Waals surface area (Å²) in [6, 6.07) is 11.7. The maximum Gasteiger partial charge on any atom is 0.305 e. The number of aliphatic carboxylic acids is 1. The number of rotatable bonds is 8. The highest BCUT2D eigenvalue weighted by molar-refractivity contribution is 5.89. The van der Waals surface area contributed by atoms with Crippen LogP contribution in [0.3, 0.4) is 0 Å². The molecule has 0 saturated carbocycles. The van der Waals surface area contributed by atoms with Crippen LogP contribution in [0.5, 0.6) is 5.75 Å². The van der Waals surface area contributed by atoms with Crippen molar-refractivity contribution >= 4 is 22.6 Å². The van der Waals surface area contributed by atoms with Crippen LogP contribution in [0.25, 0.3) is 10.8 Å². The Hall–Kier alpha value is -2.56. The smallest absolute Gasteiger partial charge is 0.305 e. The summed E-state index contributed by atoms with van der Waals surface area (Å²) in [5, 5.41) is 14.2. The average Bonchev–Trinajstić information content (AvgIpc) is 2.65. The lowest BCUT2D eigenvalue weighted by molar-refractivity contribution is -0.139. The van der Waals surface area contributed by atoms with Gasteiger partial charge in [0.05, 0.1) is 19.4 Å². The van der Waals surface area contributed by atoms with Crippen LogP contribution in [0.2, 0.25) is 0 Å². The third-order valence-corrected chi connectivity index (χ3v) is 5.20. The molecule has 0 aliphatic heterocycles. The molecule has 1 atom stereocenters. The molecule has 0 aliphatic carbocycles. The highest BCUT2D eigenvalue weighted by Gasteiger charge is 2.32. The fourth-order valence-electron chi connectivity index (χ4n) is 3.17. The van der Waals surface area contributed by atoms with Crippen molar-refractivity contribution in [3.05, 3.63) is 42.0 Å². The molecule has 2 rings (SSSR count). The van der Waals surface area contributed by atoms with Crippen LogP contribution in [0.15, 0.2) is 36.4 Å². The van der Waals surface area contributed by atoms with Gasteiger partial charge in [0.15, 0.2) is 0 Å². The molecule has 1 amide bonds. The molecule has 0 radical (unpaired) electrons.